The summed E-state index contributed by atoms with van der Waals surface area (Å²) in [5.74, 6) is -0.0554. The molecular formula is C15H23ClN2O2. The zero-order valence-corrected chi connectivity index (χ0v) is 12.9. The first-order chi connectivity index (χ1) is 9.13. The van der Waals surface area contributed by atoms with E-state index >= 15 is 0 Å². The molecule has 0 fully saturated rings. The van der Waals surface area contributed by atoms with Crippen LogP contribution in [-0.4, -0.2) is 31.3 Å². The molecule has 0 atom stereocenters. The minimum Gasteiger partial charge on any atom is -0.355 e. The van der Waals surface area contributed by atoms with Gasteiger partial charge in [-0.2, -0.15) is 0 Å². The van der Waals surface area contributed by atoms with Crippen molar-refractivity contribution < 1.29 is 9.59 Å². The summed E-state index contributed by atoms with van der Waals surface area (Å²) in [6.07, 6.45) is 0.509. The van der Waals surface area contributed by atoms with E-state index in [0.29, 0.717) is 12.1 Å². The van der Waals surface area contributed by atoms with Gasteiger partial charge in [0.25, 0.3) is 0 Å². The van der Waals surface area contributed by atoms with Gasteiger partial charge in [0.15, 0.2) is 5.78 Å². The number of amides is 1. The molecule has 0 saturated carbocycles. The van der Waals surface area contributed by atoms with E-state index in [1.807, 2.05) is 26.0 Å². The van der Waals surface area contributed by atoms with Crippen molar-refractivity contribution in [3.63, 3.8) is 0 Å². The quantitative estimate of drug-likeness (QED) is 0.571. The van der Waals surface area contributed by atoms with Crippen molar-refractivity contribution in [2.24, 2.45) is 0 Å². The molecule has 4 nitrogen and oxygen atoms in total. The number of carbonyl (C=O) groups is 2. The van der Waals surface area contributed by atoms with Crippen molar-refractivity contribution in [1.29, 1.82) is 0 Å². The Morgan fingerprint density at radius 3 is 2.30 bits per heavy atom. The number of nitrogens with one attached hydrogen (secondary N) is 2. The van der Waals surface area contributed by atoms with Crippen molar-refractivity contribution in [3.8, 4) is 0 Å². The zero-order valence-electron chi connectivity index (χ0n) is 12.1. The third-order valence-corrected chi connectivity index (χ3v) is 2.83. The monoisotopic (exact) mass is 298 g/mol. The number of aryl methyl sites for hydroxylation is 1. The summed E-state index contributed by atoms with van der Waals surface area (Å²) in [6, 6.07) is 7.43. The second-order valence-corrected chi connectivity index (χ2v) is 4.49. The average molecular weight is 299 g/mol. The van der Waals surface area contributed by atoms with Crippen LogP contribution in [0.25, 0.3) is 0 Å². The highest BCUT2D eigenvalue weighted by atomic mass is 35.5. The maximum atomic E-state index is 11.8. The summed E-state index contributed by atoms with van der Waals surface area (Å²) >= 11 is 0. The third kappa shape index (κ3) is 7.26. The molecule has 5 heteroatoms. The number of halogens is 1. The maximum Gasteiger partial charge on any atom is 0.220 e. The molecule has 1 rings (SSSR count). The van der Waals surface area contributed by atoms with Crippen LogP contribution in [0.3, 0.4) is 0 Å². The predicted octanol–water partition coefficient (Wildman–Crippen LogP) is 2.11. The van der Waals surface area contributed by atoms with Gasteiger partial charge in [-0.1, -0.05) is 36.8 Å². The third-order valence-electron chi connectivity index (χ3n) is 2.83. The molecule has 1 amide bonds. The van der Waals surface area contributed by atoms with E-state index in [0.717, 1.165) is 18.7 Å². The second kappa shape index (κ2) is 10.4. The van der Waals surface area contributed by atoms with Gasteiger partial charge in [-0.05, 0) is 13.5 Å². The van der Waals surface area contributed by atoms with Crippen molar-refractivity contribution >= 4 is 24.1 Å². The molecule has 0 unspecified atom stereocenters. The van der Waals surface area contributed by atoms with Gasteiger partial charge in [-0.3, -0.25) is 9.59 Å². The molecule has 0 spiro atoms. The smallest absolute Gasteiger partial charge is 0.220 e. The maximum absolute atomic E-state index is 11.8. The molecule has 0 aliphatic heterocycles. The van der Waals surface area contributed by atoms with Gasteiger partial charge in [0.1, 0.15) is 0 Å². The van der Waals surface area contributed by atoms with Crippen molar-refractivity contribution in [2.45, 2.75) is 26.7 Å². The van der Waals surface area contributed by atoms with Crippen LogP contribution < -0.4 is 10.6 Å². The number of Topliss-reactive ketones (excluding diaryl/α,β-unsaturated/α-hetero) is 1. The fraction of sp³-hybridized carbons (Fsp3) is 0.467. The molecule has 0 aromatic heterocycles. The van der Waals surface area contributed by atoms with E-state index in [4.69, 9.17) is 0 Å². The van der Waals surface area contributed by atoms with Crippen LogP contribution >= 0.6 is 12.4 Å². The Balaban J connectivity index is 0.00000361. The molecule has 2 N–H and O–H groups in total. The van der Waals surface area contributed by atoms with Crippen LogP contribution in [-0.2, 0) is 4.79 Å². The van der Waals surface area contributed by atoms with E-state index in [2.05, 4.69) is 10.6 Å². The molecule has 1 aromatic rings. The highest BCUT2D eigenvalue weighted by Crippen LogP contribution is 2.07. The van der Waals surface area contributed by atoms with Crippen LogP contribution in [0.4, 0.5) is 0 Å². The number of likely N-dealkylation sites (N-methyl/N-ethyl adjacent to an activating group) is 1. The Kier molecular flexibility index (Phi) is 9.68. The number of ketones is 1. The molecule has 20 heavy (non-hydrogen) atoms. The van der Waals surface area contributed by atoms with E-state index < -0.39 is 0 Å². The lowest BCUT2D eigenvalue weighted by molar-refractivity contribution is -0.121. The highest BCUT2D eigenvalue weighted by Gasteiger charge is 2.08. The van der Waals surface area contributed by atoms with Gasteiger partial charge in [0.05, 0.1) is 0 Å². The fourth-order valence-corrected chi connectivity index (χ4v) is 1.67. The van der Waals surface area contributed by atoms with Gasteiger partial charge in [-0.15, -0.1) is 12.4 Å². The van der Waals surface area contributed by atoms with E-state index in [1.165, 1.54) is 0 Å². The largest absolute Gasteiger partial charge is 0.355 e. The summed E-state index contributed by atoms with van der Waals surface area (Å²) in [6.45, 7) is 6.25. The minimum absolute atomic E-state index is 0. The van der Waals surface area contributed by atoms with E-state index in [-0.39, 0.29) is 36.9 Å². The lowest BCUT2D eigenvalue weighted by atomic mass is 10.1. The lowest BCUT2D eigenvalue weighted by Crippen LogP contribution is -2.31. The SMILES string of the molecule is CCNCCNC(=O)CCC(=O)c1ccc(C)cc1.Cl. The Labute approximate surface area is 126 Å². The van der Waals surface area contributed by atoms with Crippen LogP contribution in [0.1, 0.15) is 35.7 Å². The van der Waals surface area contributed by atoms with Gasteiger partial charge < -0.3 is 10.6 Å². The summed E-state index contributed by atoms with van der Waals surface area (Å²) in [7, 11) is 0. The van der Waals surface area contributed by atoms with Crippen LogP contribution in [0.5, 0.6) is 0 Å². The summed E-state index contributed by atoms with van der Waals surface area (Å²) < 4.78 is 0. The first-order valence-electron chi connectivity index (χ1n) is 6.70. The highest BCUT2D eigenvalue weighted by molar-refractivity contribution is 5.97. The Bertz CT molecular complexity index is 418. The molecule has 0 bridgehead atoms. The molecule has 1 aromatic carbocycles. The topological polar surface area (TPSA) is 58.2 Å². The Morgan fingerprint density at radius 1 is 1.05 bits per heavy atom. The van der Waals surface area contributed by atoms with E-state index in [9.17, 15) is 9.59 Å². The van der Waals surface area contributed by atoms with Crippen LogP contribution in [0, 0.1) is 6.92 Å². The number of benzene rings is 1. The molecular weight excluding hydrogens is 276 g/mol. The average Bonchev–Trinajstić information content (AvgIpc) is 2.42. The predicted molar refractivity (Wildman–Crippen MR) is 83.5 cm³/mol. The molecule has 0 heterocycles. The minimum atomic E-state index is -0.0710. The van der Waals surface area contributed by atoms with Crippen molar-refractivity contribution in [1.82, 2.24) is 10.6 Å². The number of carbonyl (C=O) groups excluding carboxylic acids is 2. The molecule has 0 aliphatic carbocycles. The molecule has 112 valence electrons. The van der Waals surface area contributed by atoms with Crippen LogP contribution in [0.15, 0.2) is 24.3 Å². The number of hydrogen-bond acceptors (Lipinski definition) is 3. The van der Waals surface area contributed by atoms with Gasteiger partial charge in [-0.25, -0.2) is 0 Å². The Hall–Kier alpha value is -1.39. The standard InChI is InChI=1S/C15H22N2O2.ClH/c1-3-16-10-11-17-15(19)9-8-14(18)13-6-4-12(2)5-7-13;/h4-7,16H,3,8-11H2,1-2H3,(H,17,19);1H. The zero-order chi connectivity index (χ0) is 14.1. The van der Waals surface area contributed by atoms with Crippen molar-refractivity contribution in [2.75, 3.05) is 19.6 Å². The summed E-state index contributed by atoms with van der Waals surface area (Å²) in [5, 5.41) is 5.90. The van der Waals surface area contributed by atoms with Gasteiger partial charge in [0, 0.05) is 31.5 Å². The van der Waals surface area contributed by atoms with Crippen LogP contribution in [0.2, 0.25) is 0 Å². The summed E-state index contributed by atoms with van der Waals surface area (Å²) in [4.78, 5) is 23.3. The van der Waals surface area contributed by atoms with E-state index in [1.54, 1.807) is 12.1 Å². The first kappa shape index (κ1) is 18.6. The second-order valence-electron chi connectivity index (χ2n) is 4.49. The van der Waals surface area contributed by atoms with Gasteiger partial charge >= 0.3 is 0 Å². The fourth-order valence-electron chi connectivity index (χ4n) is 1.67. The number of rotatable bonds is 8. The van der Waals surface area contributed by atoms with Crippen molar-refractivity contribution in [3.05, 3.63) is 35.4 Å². The summed E-state index contributed by atoms with van der Waals surface area (Å²) in [5.41, 5.74) is 1.80. The number of hydrogen-bond donors (Lipinski definition) is 2. The molecule has 0 radical (unpaired) electrons. The Morgan fingerprint density at radius 2 is 1.70 bits per heavy atom. The normalized spacial score (nSPS) is 9.70. The first-order valence-corrected chi connectivity index (χ1v) is 6.70. The molecule has 0 aliphatic rings. The lowest BCUT2D eigenvalue weighted by Gasteiger charge is -2.05. The van der Waals surface area contributed by atoms with Gasteiger partial charge in [0.2, 0.25) is 5.91 Å². The molecule has 0 saturated heterocycles.